The minimum atomic E-state index is -0.0175. The molecule has 0 aliphatic carbocycles. The van der Waals surface area contributed by atoms with E-state index in [4.69, 9.17) is 16.3 Å². The van der Waals surface area contributed by atoms with Gasteiger partial charge in [-0.25, -0.2) is 0 Å². The van der Waals surface area contributed by atoms with Crippen LogP contribution in [-0.4, -0.2) is 31.6 Å². The summed E-state index contributed by atoms with van der Waals surface area (Å²) < 4.78 is 5.31. The number of nitrogens with zero attached hydrogens (tertiary/aromatic N) is 1. The van der Waals surface area contributed by atoms with E-state index in [0.29, 0.717) is 0 Å². The van der Waals surface area contributed by atoms with Crippen molar-refractivity contribution in [1.82, 2.24) is 4.90 Å². The fourth-order valence-electron chi connectivity index (χ4n) is 1.73. The van der Waals surface area contributed by atoms with Crippen molar-refractivity contribution in [2.75, 3.05) is 26.7 Å². The first-order valence-corrected chi connectivity index (χ1v) is 6.15. The summed E-state index contributed by atoms with van der Waals surface area (Å²) in [4.78, 5) is 2.31. The Labute approximate surface area is 103 Å². The molecular formula is C13H20ClNO. The zero-order chi connectivity index (χ0) is 12.0. The third kappa shape index (κ3) is 3.39. The Hall–Kier alpha value is -0.730. The molecule has 90 valence electrons. The van der Waals surface area contributed by atoms with E-state index in [9.17, 15) is 0 Å². The quantitative estimate of drug-likeness (QED) is 0.709. The molecule has 0 saturated heterocycles. The maximum absolute atomic E-state index is 6.42. The number of rotatable bonds is 6. The van der Waals surface area contributed by atoms with Crippen molar-refractivity contribution in [1.29, 1.82) is 0 Å². The molecule has 0 radical (unpaired) electrons. The van der Waals surface area contributed by atoms with Gasteiger partial charge in [-0.2, -0.15) is 0 Å². The number of para-hydroxylation sites is 1. The highest BCUT2D eigenvalue weighted by Crippen LogP contribution is 2.29. The smallest absolute Gasteiger partial charge is 0.123 e. The fourth-order valence-corrected chi connectivity index (χ4v) is 2.11. The highest BCUT2D eigenvalue weighted by molar-refractivity contribution is 6.21. The number of likely N-dealkylation sites (N-methyl/N-ethyl adjacent to an activating group) is 1. The minimum Gasteiger partial charge on any atom is -0.496 e. The van der Waals surface area contributed by atoms with Crippen molar-refractivity contribution in [2.45, 2.75) is 19.2 Å². The van der Waals surface area contributed by atoms with Crippen LogP contribution in [0.3, 0.4) is 0 Å². The maximum Gasteiger partial charge on any atom is 0.123 e. The number of hydrogen-bond acceptors (Lipinski definition) is 2. The first-order valence-electron chi connectivity index (χ1n) is 5.72. The van der Waals surface area contributed by atoms with Crippen LogP contribution in [0.1, 0.15) is 24.8 Å². The summed E-state index contributed by atoms with van der Waals surface area (Å²) >= 11 is 6.42. The van der Waals surface area contributed by atoms with Crippen molar-refractivity contribution in [3.8, 4) is 5.75 Å². The summed E-state index contributed by atoms with van der Waals surface area (Å²) in [6.45, 7) is 7.20. The van der Waals surface area contributed by atoms with Crippen molar-refractivity contribution < 1.29 is 4.74 Å². The van der Waals surface area contributed by atoms with Gasteiger partial charge >= 0.3 is 0 Å². The number of ether oxygens (including phenoxy) is 1. The molecule has 16 heavy (non-hydrogen) atoms. The fraction of sp³-hybridized carbons (Fsp3) is 0.538. The maximum atomic E-state index is 6.42. The Kier molecular flexibility index (Phi) is 5.64. The molecule has 0 saturated carbocycles. The van der Waals surface area contributed by atoms with E-state index >= 15 is 0 Å². The van der Waals surface area contributed by atoms with E-state index in [2.05, 4.69) is 18.7 Å². The van der Waals surface area contributed by atoms with Gasteiger partial charge in [0.2, 0.25) is 0 Å². The topological polar surface area (TPSA) is 12.5 Å². The molecule has 1 atom stereocenters. The van der Waals surface area contributed by atoms with Gasteiger partial charge in [-0.05, 0) is 19.2 Å². The van der Waals surface area contributed by atoms with Gasteiger partial charge in [0.1, 0.15) is 5.75 Å². The highest BCUT2D eigenvalue weighted by atomic mass is 35.5. The molecule has 0 aromatic heterocycles. The molecular weight excluding hydrogens is 222 g/mol. The second kappa shape index (κ2) is 6.77. The van der Waals surface area contributed by atoms with Crippen LogP contribution in [0.25, 0.3) is 0 Å². The lowest BCUT2D eigenvalue weighted by molar-refractivity contribution is 0.301. The monoisotopic (exact) mass is 241 g/mol. The van der Waals surface area contributed by atoms with Crippen molar-refractivity contribution in [3.05, 3.63) is 29.8 Å². The molecule has 0 spiro atoms. The normalized spacial score (nSPS) is 12.8. The van der Waals surface area contributed by atoms with Crippen LogP contribution in [0, 0.1) is 0 Å². The van der Waals surface area contributed by atoms with E-state index in [1.807, 2.05) is 24.3 Å². The largest absolute Gasteiger partial charge is 0.496 e. The molecule has 2 nitrogen and oxygen atoms in total. The molecule has 0 N–H and O–H groups in total. The zero-order valence-corrected chi connectivity index (χ0v) is 11.0. The second-order valence-electron chi connectivity index (χ2n) is 3.70. The Balaban J connectivity index is 2.75. The molecule has 0 aliphatic heterocycles. The predicted molar refractivity (Wildman–Crippen MR) is 69.4 cm³/mol. The summed E-state index contributed by atoms with van der Waals surface area (Å²) in [5.74, 6) is 0.870. The lowest BCUT2D eigenvalue weighted by Gasteiger charge is -2.22. The van der Waals surface area contributed by atoms with Gasteiger partial charge in [0.15, 0.2) is 0 Å². The number of methoxy groups -OCH3 is 1. The van der Waals surface area contributed by atoms with E-state index in [0.717, 1.165) is 30.9 Å². The average Bonchev–Trinajstić information content (AvgIpc) is 2.35. The molecule has 0 aliphatic rings. The number of hydrogen-bond donors (Lipinski definition) is 0. The van der Waals surface area contributed by atoms with Gasteiger partial charge in [-0.15, -0.1) is 11.6 Å². The van der Waals surface area contributed by atoms with Crippen LogP contribution in [0.4, 0.5) is 0 Å². The van der Waals surface area contributed by atoms with Crippen LogP contribution < -0.4 is 4.74 Å². The first-order chi connectivity index (χ1) is 7.72. The molecule has 1 unspecified atom stereocenters. The average molecular weight is 242 g/mol. The Bertz CT molecular complexity index is 313. The van der Waals surface area contributed by atoms with Gasteiger partial charge in [0, 0.05) is 12.1 Å². The molecule has 1 aromatic carbocycles. The van der Waals surface area contributed by atoms with Crippen LogP contribution in [0.2, 0.25) is 0 Å². The molecule has 0 amide bonds. The number of benzene rings is 1. The SMILES string of the molecule is CCN(CC)CC(Cl)c1ccccc1OC. The standard InChI is InChI=1S/C13H20ClNO/c1-4-15(5-2)10-12(14)11-8-6-7-9-13(11)16-3/h6-9,12H,4-5,10H2,1-3H3. The zero-order valence-electron chi connectivity index (χ0n) is 10.2. The van der Waals surface area contributed by atoms with E-state index in [-0.39, 0.29) is 5.38 Å². The van der Waals surface area contributed by atoms with E-state index in [1.54, 1.807) is 7.11 Å². The molecule has 0 bridgehead atoms. The van der Waals surface area contributed by atoms with Crippen LogP contribution in [0.15, 0.2) is 24.3 Å². The van der Waals surface area contributed by atoms with Gasteiger partial charge in [-0.1, -0.05) is 32.0 Å². The van der Waals surface area contributed by atoms with Gasteiger partial charge < -0.3 is 9.64 Å². The van der Waals surface area contributed by atoms with Gasteiger partial charge in [0.05, 0.1) is 12.5 Å². The second-order valence-corrected chi connectivity index (χ2v) is 4.22. The number of alkyl halides is 1. The number of halogens is 1. The molecule has 0 heterocycles. The van der Waals surface area contributed by atoms with Crippen molar-refractivity contribution >= 4 is 11.6 Å². The lowest BCUT2D eigenvalue weighted by atomic mass is 10.1. The summed E-state index contributed by atoms with van der Waals surface area (Å²) in [5, 5.41) is -0.0175. The molecule has 1 rings (SSSR count). The van der Waals surface area contributed by atoms with E-state index < -0.39 is 0 Å². The Morgan fingerprint density at radius 3 is 2.44 bits per heavy atom. The summed E-state index contributed by atoms with van der Waals surface area (Å²) in [6, 6.07) is 7.94. The van der Waals surface area contributed by atoms with E-state index in [1.165, 1.54) is 0 Å². The first kappa shape index (κ1) is 13.3. The Morgan fingerprint density at radius 2 is 1.88 bits per heavy atom. The van der Waals surface area contributed by atoms with Crippen molar-refractivity contribution in [2.24, 2.45) is 0 Å². The van der Waals surface area contributed by atoms with Crippen LogP contribution in [0.5, 0.6) is 5.75 Å². The molecule has 1 aromatic rings. The third-order valence-corrected chi connectivity index (χ3v) is 3.16. The van der Waals surface area contributed by atoms with Crippen LogP contribution in [-0.2, 0) is 0 Å². The molecule has 0 fully saturated rings. The van der Waals surface area contributed by atoms with Crippen LogP contribution >= 0.6 is 11.6 Å². The highest BCUT2D eigenvalue weighted by Gasteiger charge is 2.15. The Morgan fingerprint density at radius 1 is 1.25 bits per heavy atom. The minimum absolute atomic E-state index is 0.0175. The van der Waals surface area contributed by atoms with Crippen molar-refractivity contribution in [3.63, 3.8) is 0 Å². The summed E-state index contributed by atoms with van der Waals surface area (Å²) in [7, 11) is 1.68. The predicted octanol–water partition coefficient (Wildman–Crippen LogP) is 3.32. The van der Waals surface area contributed by atoms with Gasteiger partial charge in [0.25, 0.3) is 0 Å². The summed E-state index contributed by atoms with van der Waals surface area (Å²) in [5.41, 5.74) is 1.07. The third-order valence-electron chi connectivity index (χ3n) is 2.79. The lowest BCUT2D eigenvalue weighted by Crippen LogP contribution is -2.26. The molecule has 3 heteroatoms. The summed E-state index contributed by atoms with van der Waals surface area (Å²) in [6.07, 6.45) is 0. The van der Waals surface area contributed by atoms with Gasteiger partial charge in [-0.3, -0.25) is 0 Å².